The van der Waals surface area contributed by atoms with E-state index in [0.717, 1.165) is 25.7 Å². The van der Waals surface area contributed by atoms with E-state index in [1.54, 1.807) is 0 Å². The Balaban J connectivity index is 1.80. The van der Waals surface area contributed by atoms with Crippen LogP contribution in [0.15, 0.2) is 12.0 Å². The van der Waals surface area contributed by atoms with Crippen LogP contribution in [0.1, 0.15) is 32.1 Å². The molecule has 2 rings (SSSR count). The van der Waals surface area contributed by atoms with Crippen molar-refractivity contribution in [2.45, 2.75) is 37.7 Å². The Bertz CT molecular complexity index is 308. The molecule has 0 unspecified atom stereocenters. The van der Waals surface area contributed by atoms with E-state index >= 15 is 0 Å². The summed E-state index contributed by atoms with van der Waals surface area (Å²) in [5.74, 6) is -0.126. The fraction of sp³-hybridized carbons (Fsp3) is 0.750. The SMILES string of the molecule is O=C(NCC1(O)CCCCC1)C1=COCCO1. The first-order valence-electron chi connectivity index (χ1n) is 6.15. The molecule has 17 heavy (non-hydrogen) atoms. The summed E-state index contributed by atoms with van der Waals surface area (Å²) < 4.78 is 10.2. The van der Waals surface area contributed by atoms with E-state index in [0.29, 0.717) is 13.2 Å². The molecule has 1 amide bonds. The van der Waals surface area contributed by atoms with Gasteiger partial charge in [-0.05, 0) is 12.8 Å². The molecule has 1 saturated carbocycles. The second-order valence-electron chi connectivity index (χ2n) is 4.67. The van der Waals surface area contributed by atoms with Crippen LogP contribution >= 0.6 is 0 Å². The number of aliphatic hydroxyl groups is 1. The first-order chi connectivity index (χ1) is 8.20. The van der Waals surface area contributed by atoms with Crippen molar-refractivity contribution in [3.63, 3.8) is 0 Å². The predicted molar refractivity (Wildman–Crippen MR) is 61.0 cm³/mol. The standard InChI is InChI=1S/C12H19NO4/c14-11(10-8-16-6-7-17-10)13-9-12(15)4-2-1-3-5-12/h8,15H,1-7,9H2,(H,13,14). The number of nitrogens with one attached hydrogen (secondary N) is 1. The minimum absolute atomic E-state index is 0.190. The Morgan fingerprint density at radius 3 is 2.76 bits per heavy atom. The lowest BCUT2D eigenvalue weighted by Crippen LogP contribution is -2.45. The van der Waals surface area contributed by atoms with Crippen molar-refractivity contribution in [2.24, 2.45) is 0 Å². The van der Waals surface area contributed by atoms with E-state index < -0.39 is 5.60 Å². The number of carbonyl (C=O) groups excluding carboxylic acids is 1. The van der Waals surface area contributed by atoms with Gasteiger partial charge in [0.15, 0.2) is 0 Å². The number of rotatable bonds is 3. The summed E-state index contributed by atoms with van der Waals surface area (Å²) >= 11 is 0. The van der Waals surface area contributed by atoms with E-state index in [-0.39, 0.29) is 18.2 Å². The van der Waals surface area contributed by atoms with E-state index in [1.165, 1.54) is 12.7 Å². The molecule has 1 fully saturated rings. The molecule has 96 valence electrons. The molecule has 0 aromatic carbocycles. The molecular formula is C12H19NO4. The van der Waals surface area contributed by atoms with Gasteiger partial charge in [0.05, 0.1) is 5.60 Å². The van der Waals surface area contributed by atoms with Crippen LogP contribution < -0.4 is 5.32 Å². The number of amides is 1. The Labute approximate surface area is 101 Å². The van der Waals surface area contributed by atoms with Crippen molar-refractivity contribution >= 4 is 5.91 Å². The van der Waals surface area contributed by atoms with E-state index in [1.807, 2.05) is 0 Å². The molecule has 0 atom stereocenters. The monoisotopic (exact) mass is 241 g/mol. The van der Waals surface area contributed by atoms with E-state index in [9.17, 15) is 9.90 Å². The van der Waals surface area contributed by atoms with Gasteiger partial charge in [-0.3, -0.25) is 4.79 Å². The van der Waals surface area contributed by atoms with Gasteiger partial charge in [0.1, 0.15) is 19.5 Å². The van der Waals surface area contributed by atoms with Crippen LogP contribution in [0.25, 0.3) is 0 Å². The van der Waals surface area contributed by atoms with Crippen molar-refractivity contribution in [1.82, 2.24) is 5.32 Å². The van der Waals surface area contributed by atoms with Gasteiger partial charge in [-0.1, -0.05) is 19.3 Å². The van der Waals surface area contributed by atoms with Gasteiger partial charge in [-0.2, -0.15) is 0 Å². The van der Waals surface area contributed by atoms with Crippen LogP contribution in [0, 0.1) is 0 Å². The highest BCUT2D eigenvalue weighted by atomic mass is 16.6. The third kappa shape index (κ3) is 3.36. The zero-order valence-electron chi connectivity index (χ0n) is 9.91. The smallest absolute Gasteiger partial charge is 0.289 e. The first kappa shape index (κ1) is 12.2. The van der Waals surface area contributed by atoms with Gasteiger partial charge in [-0.15, -0.1) is 0 Å². The fourth-order valence-corrected chi connectivity index (χ4v) is 2.21. The van der Waals surface area contributed by atoms with Gasteiger partial charge in [0, 0.05) is 6.54 Å². The average Bonchev–Trinajstić information content (AvgIpc) is 2.38. The van der Waals surface area contributed by atoms with Gasteiger partial charge in [-0.25, -0.2) is 0 Å². The molecule has 5 heteroatoms. The lowest BCUT2D eigenvalue weighted by Gasteiger charge is -2.32. The quantitative estimate of drug-likeness (QED) is 0.762. The largest absolute Gasteiger partial charge is 0.494 e. The summed E-state index contributed by atoms with van der Waals surface area (Å²) in [6, 6.07) is 0. The summed E-state index contributed by atoms with van der Waals surface area (Å²) in [6.07, 6.45) is 6.04. The Kier molecular flexibility index (Phi) is 3.89. The third-order valence-electron chi connectivity index (χ3n) is 3.24. The molecule has 0 radical (unpaired) electrons. The van der Waals surface area contributed by atoms with E-state index in [2.05, 4.69) is 5.32 Å². The molecule has 0 aromatic heterocycles. The van der Waals surface area contributed by atoms with Crippen molar-refractivity contribution in [3.05, 3.63) is 12.0 Å². The zero-order valence-corrected chi connectivity index (χ0v) is 9.91. The molecule has 5 nitrogen and oxygen atoms in total. The molecule has 0 bridgehead atoms. The first-order valence-corrected chi connectivity index (χ1v) is 6.15. The van der Waals surface area contributed by atoms with Gasteiger partial charge in [0.2, 0.25) is 5.76 Å². The lowest BCUT2D eigenvalue weighted by atomic mass is 9.85. The highest BCUT2D eigenvalue weighted by molar-refractivity contribution is 5.91. The maximum atomic E-state index is 11.7. The number of carbonyl (C=O) groups is 1. The molecule has 1 aliphatic carbocycles. The Morgan fingerprint density at radius 1 is 1.35 bits per heavy atom. The number of hydrogen-bond acceptors (Lipinski definition) is 4. The molecule has 0 aromatic rings. The van der Waals surface area contributed by atoms with Crippen molar-refractivity contribution in [1.29, 1.82) is 0 Å². The highest BCUT2D eigenvalue weighted by Gasteiger charge is 2.30. The topological polar surface area (TPSA) is 67.8 Å². The van der Waals surface area contributed by atoms with Crippen LogP contribution in [-0.4, -0.2) is 36.4 Å². The second kappa shape index (κ2) is 5.40. The summed E-state index contributed by atoms with van der Waals surface area (Å²) in [7, 11) is 0. The van der Waals surface area contributed by atoms with Crippen molar-refractivity contribution in [3.8, 4) is 0 Å². The molecule has 1 aliphatic heterocycles. The van der Waals surface area contributed by atoms with Crippen LogP contribution in [0.3, 0.4) is 0 Å². The molecule has 0 saturated heterocycles. The normalized spacial score (nSPS) is 23.0. The summed E-state index contributed by atoms with van der Waals surface area (Å²) in [5, 5.41) is 12.9. The Morgan fingerprint density at radius 2 is 2.12 bits per heavy atom. The van der Waals surface area contributed by atoms with Gasteiger partial charge in [0.25, 0.3) is 5.91 Å². The number of ether oxygens (including phenoxy) is 2. The maximum Gasteiger partial charge on any atom is 0.289 e. The molecule has 2 N–H and O–H groups in total. The Hall–Kier alpha value is -1.23. The van der Waals surface area contributed by atoms with Crippen molar-refractivity contribution in [2.75, 3.05) is 19.8 Å². The van der Waals surface area contributed by atoms with Gasteiger partial charge >= 0.3 is 0 Å². The second-order valence-corrected chi connectivity index (χ2v) is 4.67. The van der Waals surface area contributed by atoms with Crippen LogP contribution in [0.5, 0.6) is 0 Å². The van der Waals surface area contributed by atoms with Crippen LogP contribution in [0.4, 0.5) is 0 Å². The molecular weight excluding hydrogens is 222 g/mol. The zero-order chi connectivity index (χ0) is 12.1. The fourth-order valence-electron chi connectivity index (χ4n) is 2.21. The van der Waals surface area contributed by atoms with Crippen LogP contribution in [-0.2, 0) is 14.3 Å². The summed E-state index contributed by atoms with van der Waals surface area (Å²) in [5.41, 5.74) is -0.746. The molecule has 2 aliphatic rings. The molecule has 1 heterocycles. The third-order valence-corrected chi connectivity index (χ3v) is 3.24. The minimum atomic E-state index is -0.746. The summed E-state index contributed by atoms with van der Waals surface area (Å²) in [6.45, 7) is 1.15. The number of hydrogen-bond donors (Lipinski definition) is 2. The van der Waals surface area contributed by atoms with Gasteiger partial charge < -0.3 is 19.9 Å². The average molecular weight is 241 g/mol. The maximum absolute atomic E-state index is 11.7. The lowest BCUT2D eigenvalue weighted by molar-refractivity contribution is -0.123. The van der Waals surface area contributed by atoms with E-state index in [4.69, 9.17) is 9.47 Å². The predicted octanol–water partition coefficient (Wildman–Crippen LogP) is 0.686. The highest BCUT2D eigenvalue weighted by Crippen LogP contribution is 2.27. The molecule has 0 spiro atoms. The van der Waals surface area contributed by atoms with Crippen molar-refractivity contribution < 1.29 is 19.4 Å². The van der Waals surface area contributed by atoms with Crippen LogP contribution in [0.2, 0.25) is 0 Å². The summed E-state index contributed by atoms with van der Waals surface area (Å²) in [4.78, 5) is 11.7. The minimum Gasteiger partial charge on any atom is -0.494 e.